The zero-order valence-corrected chi connectivity index (χ0v) is 40.1. The van der Waals surface area contributed by atoms with Crippen molar-refractivity contribution in [3.63, 3.8) is 0 Å². The van der Waals surface area contributed by atoms with Gasteiger partial charge in [0.05, 0.1) is 0 Å². The first-order chi connectivity index (χ1) is 30.5. The van der Waals surface area contributed by atoms with Crippen molar-refractivity contribution < 1.29 is 28.6 Å². The fourth-order valence-electron chi connectivity index (χ4n) is 6.77. The van der Waals surface area contributed by atoms with Gasteiger partial charge in [0.2, 0.25) is 0 Å². The lowest BCUT2D eigenvalue weighted by Crippen LogP contribution is -2.30. The normalized spacial score (nSPS) is 12.9. The second kappa shape index (κ2) is 50.0. The predicted octanol–water partition coefficient (Wildman–Crippen LogP) is 16.6. The Bertz CT molecular complexity index is 1260. The van der Waals surface area contributed by atoms with Gasteiger partial charge in [0.1, 0.15) is 13.2 Å². The number of carbonyl (C=O) groups excluding carboxylic acids is 3. The summed E-state index contributed by atoms with van der Waals surface area (Å²) in [6.45, 7) is 6.28. The maximum Gasteiger partial charge on any atom is 0.306 e. The number of rotatable bonds is 44. The van der Waals surface area contributed by atoms with Crippen LogP contribution >= 0.6 is 0 Å². The summed E-state index contributed by atoms with van der Waals surface area (Å²) in [5.41, 5.74) is 0. The molecule has 0 radical (unpaired) electrons. The molecule has 0 N–H and O–H groups in total. The quantitative estimate of drug-likeness (QED) is 0.0263. The smallest absolute Gasteiger partial charge is 0.306 e. The largest absolute Gasteiger partial charge is 0.462 e. The minimum absolute atomic E-state index is 0.112. The van der Waals surface area contributed by atoms with Crippen LogP contribution in [0.5, 0.6) is 0 Å². The molecule has 0 heterocycles. The molecular weight excluding hydrogens is 769 g/mol. The monoisotopic (exact) mass is 861 g/mol. The number of hydrogen-bond acceptors (Lipinski definition) is 6. The van der Waals surface area contributed by atoms with Gasteiger partial charge in [-0.25, -0.2) is 0 Å². The van der Waals surface area contributed by atoms with Gasteiger partial charge in [-0.05, 0) is 51.4 Å². The number of hydrogen-bond donors (Lipinski definition) is 0. The van der Waals surface area contributed by atoms with E-state index in [2.05, 4.69) is 63.3 Å². The highest BCUT2D eigenvalue weighted by molar-refractivity contribution is 5.71. The molecule has 62 heavy (non-hydrogen) atoms. The van der Waals surface area contributed by atoms with E-state index >= 15 is 0 Å². The molecule has 0 fully saturated rings. The van der Waals surface area contributed by atoms with Crippen molar-refractivity contribution in [2.24, 2.45) is 0 Å². The third kappa shape index (κ3) is 47.4. The fraction of sp³-hybridized carbons (Fsp3) is 0.661. The van der Waals surface area contributed by atoms with Gasteiger partial charge in [-0.1, -0.05) is 246 Å². The van der Waals surface area contributed by atoms with Crippen molar-refractivity contribution >= 4 is 17.9 Å². The number of carbonyl (C=O) groups is 3. The molecule has 0 spiro atoms. The number of unbranched alkanes of at least 4 members (excludes halogenated alkanes) is 23. The van der Waals surface area contributed by atoms with Crippen LogP contribution in [0.25, 0.3) is 0 Å². The molecule has 0 aliphatic carbocycles. The lowest BCUT2D eigenvalue weighted by Gasteiger charge is -2.18. The van der Waals surface area contributed by atoms with E-state index in [9.17, 15) is 14.4 Å². The van der Waals surface area contributed by atoms with Crippen molar-refractivity contribution in [1.82, 2.24) is 0 Å². The third-order valence-corrected chi connectivity index (χ3v) is 10.5. The molecule has 6 heteroatoms. The first kappa shape index (κ1) is 58.3. The molecule has 0 aromatic rings. The van der Waals surface area contributed by atoms with Gasteiger partial charge >= 0.3 is 17.9 Å². The molecule has 0 aromatic heterocycles. The molecule has 0 aliphatic heterocycles. The van der Waals surface area contributed by atoms with E-state index in [1.165, 1.54) is 96.3 Å². The standard InChI is InChI=1S/C56H92O6/c1-4-7-10-13-16-19-22-25-26-27-28-29-32-34-37-40-43-46-49-55(58)61-52-53(62-56(59)50-47-44-41-38-35-31-24-21-18-15-12-9-6-3)51-60-54(57)48-45-42-39-36-33-30-23-20-17-14-11-8-5-2/h8-9,11-12,14-15,17-18,20-21,23-24,31,35,38,41,53H,4-7,10,13,16,19,22,25-30,32-34,36-37,39-40,42-52H2,1-3H3/b11-8+,12-9+,17-14+,18-15+,23-20+,24-21+,35-31+,41-38+. The summed E-state index contributed by atoms with van der Waals surface area (Å²) in [4.78, 5) is 37.9. The fourth-order valence-corrected chi connectivity index (χ4v) is 6.77. The minimum Gasteiger partial charge on any atom is -0.462 e. The Morgan fingerprint density at radius 3 is 1.03 bits per heavy atom. The molecule has 0 rings (SSSR count). The molecule has 0 bridgehead atoms. The molecule has 1 unspecified atom stereocenters. The zero-order valence-electron chi connectivity index (χ0n) is 40.1. The van der Waals surface area contributed by atoms with Crippen molar-refractivity contribution in [3.8, 4) is 0 Å². The summed E-state index contributed by atoms with van der Waals surface area (Å²) in [5, 5.41) is 0. The molecule has 0 saturated carbocycles. The SMILES string of the molecule is CC/C=C/C=C/C=C/C=C/C=C/CCCC(=O)OC(COC(=O)CCCCCCC/C=C/C=C/C=C/CC)COC(=O)CCCCCCCCCCCCCCCCCCCC. The zero-order chi connectivity index (χ0) is 45.1. The number of ether oxygens (including phenoxy) is 3. The van der Waals surface area contributed by atoms with Gasteiger partial charge in [-0.15, -0.1) is 0 Å². The van der Waals surface area contributed by atoms with Crippen molar-refractivity contribution in [2.75, 3.05) is 13.2 Å². The Morgan fingerprint density at radius 1 is 0.339 bits per heavy atom. The van der Waals surface area contributed by atoms with Gasteiger partial charge in [0.15, 0.2) is 6.10 Å². The number of esters is 3. The molecule has 0 amide bonds. The Labute approximate surface area is 381 Å². The van der Waals surface area contributed by atoms with E-state index in [1.807, 2.05) is 54.7 Å². The number of allylic oxidation sites excluding steroid dienone is 16. The van der Waals surface area contributed by atoms with Gasteiger partial charge < -0.3 is 14.2 Å². The molecule has 1 atom stereocenters. The van der Waals surface area contributed by atoms with E-state index in [4.69, 9.17) is 14.2 Å². The highest BCUT2D eigenvalue weighted by Crippen LogP contribution is 2.15. The van der Waals surface area contributed by atoms with E-state index in [0.29, 0.717) is 19.3 Å². The molecular formula is C56H92O6. The second-order valence-corrected chi connectivity index (χ2v) is 16.5. The van der Waals surface area contributed by atoms with Crippen LogP contribution in [-0.2, 0) is 28.6 Å². The van der Waals surface area contributed by atoms with E-state index in [0.717, 1.165) is 77.0 Å². The van der Waals surface area contributed by atoms with Crippen LogP contribution in [-0.4, -0.2) is 37.2 Å². The molecule has 0 saturated heterocycles. The average molecular weight is 861 g/mol. The van der Waals surface area contributed by atoms with Crippen LogP contribution in [0.3, 0.4) is 0 Å². The third-order valence-electron chi connectivity index (χ3n) is 10.5. The Hall–Kier alpha value is -3.67. The second-order valence-electron chi connectivity index (χ2n) is 16.5. The van der Waals surface area contributed by atoms with Gasteiger partial charge in [-0.2, -0.15) is 0 Å². The van der Waals surface area contributed by atoms with E-state index in [1.54, 1.807) is 0 Å². The van der Waals surface area contributed by atoms with Crippen LogP contribution in [0.4, 0.5) is 0 Å². The molecule has 0 aliphatic rings. The van der Waals surface area contributed by atoms with Crippen molar-refractivity contribution in [2.45, 2.75) is 226 Å². The lowest BCUT2D eigenvalue weighted by molar-refractivity contribution is -0.167. The average Bonchev–Trinajstić information content (AvgIpc) is 3.27. The van der Waals surface area contributed by atoms with Crippen molar-refractivity contribution in [3.05, 3.63) is 97.2 Å². The summed E-state index contributed by atoms with van der Waals surface area (Å²) in [7, 11) is 0. The highest BCUT2D eigenvalue weighted by atomic mass is 16.6. The van der Waals surface area contributed by atoms with Gasteiger partial charge in [-0.3, -0.25) is 14.4 Å². The minimum atomic E-state index is -0.821. The van der Waals surface area contributed by atoms with Crippen LogP contribution in [0.2, 0.25) is 0 Å². The lowest BCUT2D eigenvalue weighted by atomic mass is 10.0. The Kier molecular flexibility index (Phi) is 47.0. The summed E-state index contributed by atoms with van der Waals surface area (Å²) in [6.07, 6.45) is 65.5. The topological polar surface area (TPSA) is 78.9 Å². The predicted molar refractivity (Wildman–Crippen MR) is 265 cm³/mol. The highest BCUT2D eigenvalue weighted by Gasteiger charge is 2.19. The maximum atomic E-state index is 12.7. The van der Waals surface area contributed by atoms with Crippen molar-refractivity contribution in [1.29, 1.82) is 0 Å². The molecule has 0 aromatic carbocycles. The van der Waals surface area contributed by atoms with E-state index < -0.39 is 6.10 Å². The van der Waals surface area contributed by atoms with E-state index in [-0.39, 0.29) is 37.5 Å². The first-order valence-corrected chi connectivity index (χ1v) is 25.3. The maximum absolute atomic E-state index is 12.7. The summed E-state index contributed by atoms with van der Waals surface area (Å²) < 4.78 is 16.7. The van der Waals surface area contributed by atoms with Crippen LogP contribution < -0.4 is 0 Å². The van der Waals surface area contributed by atoms with Crippen LogP contribution in [0, 0.1) is 0 Å². The Balaban J connectivity index is 4.45. The Morgan fingerprint density at radius 2 is 0.645 bits per heavy atom. The molecule has 352 valence electrons. The van der Waals surface area contributed by atoms with Gasteiger partial charge in [0, 0.05) is 19.3 Å². The first-order valence-electron chi connectivity index (χ1n) is 25.3. The summed E-state index contributed by atoms with van der Waals surface area (Å²) >= 11 is 0. The van der Waals surface area contributed by atoms with Gasteiger partial charge in [0.25, 0.3) is 0 Å². The van der Waals surface area contributed by atoms with Crippen LogP contribution in [0.1, 0.15) is 220 Å². The summed E-state index contributed by atoms with van der Waals surface area (Å²) in [5.74, 6) is -1.01. The summed E-state index contributed by atoms with van der Waals surface area (Å²) in [6, 6.07) is 0. The molecule has 6 nitrogen and oxygen atoms in total. The van der Waals surface area contributed by atoms with Crippen LogP contribution in [0.15, 0.2) is 97.2 Å².